The van der Waals surface area contributed by atoms with Crippen LogP contribution in [0, 0.1) is 0 Å². The molecule has 0 radical (unpaired) electrons. The largest absolute Gasteiger partial charge is 0.357 e. The van der Waals surface area contributed by atoms with E-state index in [1.165, 1.54) is 0 Å². The maximum absolute atomic E-state index is 4.37. The summed E-state index contributed by atoms with van der Waals surface area (Å²) in [6.07, 6.45) is 0. The van der Waals surface area contributed by atoms with Gasteiger partial charge >= 0.3 is 0 Å². The molecule has 0 aliphatic carbocycles. The Kier molecular flexibility index (Phi) is 4.15. The zero-order valence-corrected chi connectivity index (χ0v) is 12.5. The number of hydrogen-bond acceptors (Lipinski definition) is 4. The van der Waals surface area contributed by atoms with Crippen LogP contribution in [0.2, 0.25) is 0 Å². The fourth-order valence-electron chi connectivity index (χ4n) is 1.90. The Balaban J connectivity index is 2.10. The predicted octanol–water partition coefficient (Wildman–Crippen LogP) is 2.33. The molecule has 0 unspecified atom stereocenters. The number of quaternary nitrogens is 1. The summed E-state index contributed by atoms with van der Waals surface area (Å²) in [7, 11) is 0. The van der Waals surface area contributed by atoms with Crippen molar-refractivity contribution < 1.29 is 5.73 Å². The van der Waals surface area contributed by atoms with Crippen LogP contribution in [0.1, 0.15) is 0 Å². The van der Waals surface area contributed by atoms with Crippen LogP contribution in [0.4, 0.5) is 0 Å². The Hall–Kier alpha value is -1.63. The molecule has 102 valence electrons. The van der Waals surface area contributed by atoms with Crippen molar-refractivity contribution in [1.82, 2.24) is 14.8 Å². The van der Waals surface area contributed by atoms with E-state index in [0.29, 0.717) is 0 Å². The molecule has 20 heavy (non-hydrogen) atoms. The van der Waals surface area contributed by atoms with Gasteiger partial charge in [0, 0.05) is 5.69 Å². The smallest absolute Gasteiger partial charge is 0.196 e. The molecule has 1 aromatic carbocycles. The standard InChI is InChI=1S/C14H14N4S2/c15-8-10-20-14-17-16-13(12-7-4-9-19-12)18(14)11-5-2-1-3-6-11/h1-7,9H,8,10,15H2/p+1. The molecular formula is C14H15N4S2+. The second kappa shape index (κ2) is 6.21. The summed E-state index contributed by atoms with van der Waals surface area (Å²) in [6.45, 7) is 0.876. The Morgan fingerprint density at radius 2 is 1.95 bits per heavy atom. The average Bonchev–Trinajstić information content (AvgIpc) is 3.15. The van der Waals surface area contributed by atoms with Crippen molar-refractivity contribution in [1.29, 1.82) is 0 Å². The minimum atomic E-state index is 0.876. The molecule has 3 aromatic rings. The van der Waals surface area contributed by atoms with Gasteiger partial charge in [-0.15, -0.1) is 21.5 Å². The molecule has 0 amide bonds. The molecule has 3 rings (SSSR count). The first kappa shape index (κ1) is 13.4. The van der Waals surface area contributed by atoms with Crippen LogP contribution in [-0.2, 0) is 0 Å². The summed E-state index contributed by atoms with van der Waals surface area (Å²) >= 11 is 3.37. The monoisotopic (exact) mass is 303 g/mol. The average molecular weight is 303 g/mol. The maximum Gasteiger partial charge on any atom is 0.196 e. The molecule has 0 spiro atoms. The molecule has 0 aliphatic rings. The van der Waals surface area contributed by atoms with Gasteiger partial charge in [-0.1, -0.05) is 36.0 Å². The van der Waals surface area contributed by atoms with Crippen LogP contribution in [0.5, 0.6) is 0 Å². The first-order valence-electron chi connectivity index (χ1n) is 6.37. The van der Waals surface area contributed by atoms with Gasteiger partial charge in [0.05, 0.1) is 17.2 Å². The van der Waals surface area contributed by atoms with E-state index in [1.54, 1.807) is 23.1 Å². The summed E-state index contributed by atoms with van der Waals surface area (Å²) in [6, 6.07) is 14.3. The molecule has 4 nitrogen and oxygen atoms in total. The lowest BCUT2D eigenvalue weighted by molar-refractivity contribution is -0.360. The highest BCUT2D eigenvalue weighted by molar-refractivity contribution is 7.99. The SMILES string of the molecule is [NH3+]CCSc1nnc(-c2cccs2)n1-c1ccccc1. The number of hydrogen-bond donors (Lipinski definition) is 1. The van der Waals surface area contributed by atoms with E-state index >= 15 is 0 Å². The van der Waals surface area contributed by atoms with Gasteiger partial charge < -0.3 is 5.73 Å². The van der Waals surface area contributed by atoms with Crippen molar-refractivity contribution in [3.05, 3.63) is 47.8 Å². The maximum atomic E-state index is 4.37. The number of rotatable bonds is 5. The summed E-state index contributed by atoms with van der Waals surface area (Å²) in [4.78, 5) is 1.13. The first-order chi connectivity index (χ1) is 9.90. The summed E-state index contributed by atoms with van der Waals surface area (Å²) in [5.41, 5.74) is 4.97. The summed E-state index contributed by atoms with van der Waals surface area (Å²) in [5.74, 6) is 1.84. The third-order valence-electron chi connectivity index (χ3n) is 2.76. The van der Waals surface area contributed by atoms with Crippen LogP contribution >= 0.6 is 23.1 Å². The van der Waals surface area contributed by atoms with Crippen LogP contribution in [0.3, 0.4) is 0 Å². The topological polar surface area (TPSA) is 58.4 Å². The molecular weight excluding hydrogens is 288 g/mol. The van der Waals surface area contributed by atoms with Gasteiger partial charge in [-0.05, 0) is 23.6 Å². The van der Waals surface area contributed by atoms with Gasteiger partial charge in [0.2, 0.25) is 0 Å². The molecule has 2 aromatic heterocycles. The normalized spacial score (nSPS) is 10.8. The van der Waals surface area contributed by atoms with E-state index in [-0.39, 0.29) is 0 Å². The van der Waals surface area contributed by atoms with E-state index < -0.39 is 0 Å². The Morgan fingerprint density at radius 1 is 1.10 bits per heavy atom. The van der Waals surface area contributed by atoms with Crippen molar-refractivity contribution in [3.63, 3.8) is 0 Å². The van der Waals surface area contributed by atoms with E-state index in [2.05, 4.69) is 44.1 Å². The molecule has 0 atom stereocenters. The minimum Gasteiger partial charge on any atom is -0.357 e. The lowest BCUT2D eigenvalue weighted by Crippen LogP contribution is -2.51. The molecule has 0 aliphatic heterocycles. The van der Waals surface area contributed by atoms with Crippen LogP contribution in [0.15, 0.2) is 53.0 Å². The Labute approximate surface area is 125 Å². The second-order valence-corrected chi connectivity index (χ2v) is 6.17. The molecule has 3 N–H and O–H groups in total. The van der Waals surface area contributed by atoms with Crippen molar-refractivity contribution in [2.75, 3.05) is 12.3 Å². The summed E-state index contributed by atoms with van der Waals surface area (Å²) < 4.78 is 2.12. The fourth-order valence-corrected chi connectivity index (χ4v) is 3.35. The van der Waals surface area contributed by atoms with E-state index in [9.17, 15) is 0 Å². The second-order valence-electron chi connectivity index (χ2n) is 4.16. The molecule has 0 saturated heterocycles. The van der Waals surface area contributed by atoms with E-state index in [0.717, 1.165) is 33.8 Å². The zero-order chi connectivity index (χ0) is 13.8. The Bertz CT molecular complexity index is 662. The van der Waals surface area contributed by atoms with Crippen LogP contribution in [-0.4, -0.2) is 27.1 Å². The highest BCUT2D eigenvalue weighted by Crippen LogP contribution is 2.29. The molecule has 0 saturated carbocycles. The number of nitrogens with zero attached hydrogens (tertiary/aromatic N) is 3. The highest BCUT2D eigenvalue weighted by atomic mass is 32.2. The lowest BCUT2D eigenvalue weighted by Gasteiger charge is -2.08. The zero-order valence-electron chi connectivity index (χ0n) is 10.9. The quantitative estimate of drug-likeness (QED) is 0.736. The minimum absolute atomic E-state index is 0.876. The van der Waals surface area contributed by atoms with Crippen molar-refractivity contribution in [3.8, 4) is 16.4 Å². The van der Waals surface area contributed by atoms with Gasteiger partial charge in [0.1, 0.15) is 0 Å². The van der Waals surface area contributed by atoms with Crippen molar-refractivity contribution >= 4 is 23.1 Å². The summed E-state index contributed by atoms with van der Waals surface area (Å²) in [5, 5.41) is 11.7. The third-order valence-corrected chi connectivity index (χ3v) is 4.65. The highest BCUT2D eigenvalue weighted by Gasteiger charge is 2.16. The molecule has 0 bridgehead atoms. The predicted molar refractivity (Wildman–Crippen MR) is 83.2 cm³/mol. The first-order valence-corrected chi connectivity index (χ1v) is 8.23. The number of thioether (sulfide) groups is 1. The number of thiophene rings is 1. The molecule has 2 heterocycles. The number of aromatic nitrogens is 3. The lowest BCUT2D eigenvalue weighted by atomic mass is 10.3. The van der Waals surface area contributed by atoms with Gasteiger partial charge in [0.15, 0.2) is 11.0 Å². The molecule has 6 heteroatoms. The van der Waals surface area contributed by atoms with Gasteiger partial charge in [0.25, 0.3) is 0 Å². The van der Waals surface area contributed by atoms with Crippen molar-refractivity contribution in [2.45, 2.75) is 5.16 Å². The van der Waals surface area contributed by atoms with Gasteiger partial charge in [-0.3, -0.25) is 4.57 Å². The fraction of sp³-hybridized carbons (Fsp3) is 0.143. The van der Waals surface area contributed by atoms with E-state index in [4.69, 9.17) is 0 Å². The van der Waals surface area contributed by atoms with Crippen LogP contribution in [0.25, 0.3) is 16.4 Å². The van der Waals surface area contributed by atoms with Crippen molar-refractivity contribution in [2.24, 2.45) is 0 Å². The third kappa shape index (κ3) is 2.63. The number of benzene rings is 1. The van der Waals surface area contributed by atoms with Crippen LogP contribution < -0.4 is 5.73 Å². The Morgan fingerprint density at radius 3 is 2.65 bits per heavy atom. The number of para-hydroxylation sites is 1. The van der Waals surface area contributed by atoms with Gasteiger partial charge in [-0.2, -0.15) is 0 Å². The molecule has 0 fully saturated rings. The van der Waals surface area contributed by atoms with E-state index in [1.807, 2.05) is 24.3 Å². The van der Waals surface area contributed by atoms with Gasteiger partial charge in [-0.25, -0.2) is 0 Å².